The number of nitrogens with two attached hydrogens (primary N) is 1. The van der Waals surface area contributed by atoms with Crippen LogP contribution in [0.4, 0.5) is 0 Å². The third kappa shape index (κ3) is 4.42. The number of likely N-dealkylation sites (tertiary alicyclic amines) is 1. The molecule has 0 spiro atoms. The molecule has 19 heavy (non-hydrogen) atoms. The minimum absolute atomic E-state index is 0.226. The summed E-state index contributed by atoms with van der Waals surface area (Å²) in [6.07, 6.45) is 2.42. The molecule has 2 unspecified atom stereocenters. The zero-order valence-corrected chi connectivity index (χ0v) is 12.9. The molecule has 2 aliphatic rings. The molecular formula is C15H31N3O. The highest BCUT2D eigenvalue weighted by Crippen LogP contribution is 2.22. The number of nitrogens with zero attached hydrogens (tertiary/aromatic N) is 2. The van der Waals surface area contributed by atoms with E-state index in [0.717, 1.165) is 45.3 Å². The molecule has 2 atom stereocenters. The molecule has 2 N–H and O–H groups in total. The van der Waals surface area contributed by atoms with Crippen molar-refractivity contribution in [2.45, 2.75) is 45.7 Å². The van der Waals surface area contributed by atoms with E-state index in [1.54, 1.807) is 0 Å². The molecular weight excluding hydrogens is 238 g/mol. The van der Waals surface area contributed by atoms with Crippen LogP contribution in [0.5, 0.6) is 0 Å². The lowest BCUT2D eigenvalue weighted by atomic mass is 9.85. The molecule has 4 nitrogen and oxygen atoms in total. The average molecular weight is 269 g/mol. The van der Waals surface area contributed by atoms with Gasteiger partial charge in [-0.15, -0.1) is 0 Å². The Labute approximate surface area is 118 Å². The molecule has 0 aromatic carbocycles. The van der Waals surface area contributed by atoms with Crippen LogP contribution in [0.1, 0.15) is 33.6 Å². The fourth-order valence-corrected chi connectivity index (χ4v) is 3.01. The molecule has 112 valence electrons. The molecule has 0 saturated carbocycles. The summed E-state index contributed by atoms with van der Waals surface area (Å²) >= 11 is 0. The second-order valence-electron chi connectivity index (χ2n) is 7.15. The first-order chi connectivity index (χ1) is 8.97. The minimum Gasteiger partial charge on any atom is -0.379 e. The van der Waals surface area contributed by atoms with Crippen molar-refractivity contribution in [3.63, 3.8) is 0 Å². The van der Waals surface area contributed by atoms with Gasteiger partial charge in [-0.3, -0.25) is 4.90 Å². The predicted octanol–water partition coefficient (Wildman–Crippen LogP) is 1.16. The van der Waals surface area contributed by atoms with E-state index in [1.807, 2.05) is 0 Å². The summed E-state index contributed by atoms with van der Waals surface area (Å²) in [5.41, 5.74) is 6.48. The van der Waals surface area contributed by atoms with Crippen molar-refractivity contribution in [3.05, 3.63) is 0 Å². The first-order valence-electron chi connectivity index (χ1n) is 7.76. The predicted molar refractivity (Wildman–Crippen MR) is 79.3 cm³/mol. The van der Waals surface area contributed by atoms with E-state index in [-0.39, 0.29) is 5.41 Å². The Kier molecular flexibility index (Phi) is 5.23. The van der Waals surface area contributed by atoms with Crippen LogP contribution in [0.3, 0.4) is 0 Å². The van der Waals surface area contributed by atoms with Crippen LogP contribution in [0.2, 0.25) is 0 Å². The summed E-state index contributed by atoms with van der Waals surface area (Å²) in [7, 11) is 0. The van der Waals surface area contributed by atoms with E-state index in [0.29, 0.717) is 6.04 Å². The van der Waals surface area contributed by atoms with E-state index in [2.05, 4.69) is 30.6 Å². The number of hydrogen-bond donors (Lipinski definition) is 1. The van der Waals surface area contributed by atoms with Crippen LogP contribution in [0.25, 0.3) is 0 Å². The van der Waals surface area contributed by atoms with Crippen LogP contribution in [0, 0.1) is 5.41 Å². The van der Waals surface area contributed by atoms with Crippen molar-refractivity contribution in [2.75, 3.05) is 45.9 Å². The molecule has 2 aliphatic heterocycles. The Morgan fingerprint density at radius 2 is 1.89 bits per heavy atom. The number of hydrogen-bond acceptors (Lipinski definition) is 4. The van der Waals surface area contributed by atoms with Crippen molar-refractivity contribution in [3.8, 4) is 0 Å². The molecule has 0 radical (unpaired) electrons. The topological polar surface area (TPSA) is 41.7 Å². The standard InChI is InChI=1S/C15H31N3O/c1-15(2,3)14(16)5-7-17-6-4-13(12-17)18-8-10-19-11-9-18/h13-14H,4-12,16H2,1-3H3. The third-order valence-electron chi connectivity index (χ3n) is 4.68. The van der Waals surface area contributed by atoms with Crippen LogP contribution in [0.15, 0.2) is 0 Å². The second kappa shape index (κ2) is 6.53. The van der Waals surface area contributed by atoms with E-state index < -0.39 is 0 Å². The van der Waals surface area contributed by atoms with Crippen molar-refractivity contribution < 1.29 is 4.74 Å². The molecule has 2 heterocycles. The average Bonchev–Trinajstić information content (AvgIpc) is 2.84. The van der Waals surface area contributed by atoms with Gasteiger partial charge in [-0.2, -0.15) is 0 Å². The van der Waals surface area contributed by atoms with Gasteiger partial charge in [-0.25, -0.2) is 0 Å². The Balaban J connectivity index is 1.70. The summed E-state index contributed by atoms with van der Waals surface area (Å²) in [5, 5.41) is 0. The van der Waals surface area contributed by atoms with Gasteiger partial charge in [0.1, 0.15) is 0 Å². The van der Waals surface area contributed by atoms with E-state index in [1.165, 1.54) is 19.5 Å². The highest BCUT2D eigenvalue weighted by Gasteiger charge is 2.29. The van der Waals surface area contributed by atoms with Crippen molar-refractivity contribution >= 4 is 0 Å². The van der Waals surface area contributed by atoms with E-state index in [9.17, 15) is 0 Å². The number of ether oxygens (including phenoxy) is 1. The van der Waals surface area contributed by atoms with Crippen molar-refractivity contribution in [1.82, 2.24) is 9.80 Å². The maximum Gasteiger partial charge on any atom is 0.0594 e. The monoisotopic (exact) mass is 269 g/mol. The molecule has 0 amide bonds. The quantitative estimate of drug-likeness (QED) is 0.831. The van der Waals surface area contributed by atoms with E-state index in [4.69, 9.17) is 10.5 Å². The van der Waals surface area contributed by atoms with Gasteiger partial charge in [-0.1, -0.05) is 20.8 Å². The molecule has 0 aromatic rings. The zero-order valence-electron chi connectivity index (χ0n) is 12.9. The largest absolute Gasteiger partial charge is 0.379 e. The minimum atomic E-state index is 0.226. The first-order valence-corrected chi connectivity index (χ1v) is 7.76. The lowest BCUT2D eigenvalue weighted by molar-refractivity contribution is 0.0184. The van der Waals surface area contributed by atoms with Gasteiger partial charge in [-0.05, 0) is 31.3 Å². The molecule has 0 bridgehead atoms. The molecule has 0 aromatic heterocycles. The smallest absolute Gasteiger partial charge is 0.0594 e. The van der Waals surface area contributed by atoms with Crippen LogP contribution in [-0.2, 0) is 4.74 Å². The molecule has 2 fully saturated rings. The lowest BCUT2D eigenvalue weighted by Gasteiger charge is -2.32. The Hall–Kier alpha value is -0.160. The molecule has 2 rings (SSSR count). The summed E-state index contributed by atoms with van der Waals surface area (Å²) in [6.45, 7) is 14.3. The maximum absolute atomic E-state index is 6.25. The van der Waals surface area contributed by atoms with Crippen molar-refractivity contribution in [2.24, 2.45) is 11.1 Å². The first kappa shape index (κ1) is 15.2. The van der Waals surface area contributed by atoms with Gasteiger partial charge in [0.25, 0.3) is 0 Å². The third-order valence-corrected chi connectivity index (χ3v) is 4.68. The van der Waals surface area contributed by atoms with Crippen molar-refractivity contribution in [1.29, 1.82) is 0 Å². The Bertz CT molecular complexity index is 271. The summed E-state index contributed by atoms with van der Waals surface area (Å²) in [4.78, 5) is 5.19. The van der Waals surface area contributed by atoms with Gasteiger partial charge in [0.2, 0.25) is 0 Å². The zero-order chi connectivity index (χ0) is 13.9. The highest BCUT2D eigenvalue weighted by molar-refractivity contribution is 4.86. The Morgan fingerprint density at radius 1 is 1.21 bits per heavy atom. The fraction of sp³-hybridized carbons (Fsp3) is 1.00. The SMILES string of the molecule is CC(C)(C)C(N)CCN1CCC(N2CCOCC2)C1. The van der Waals surface area contributed by atoms with Gasteiger partial charge in [0.15, 0.2) is 0 Å². The highest BCUT2D eigenvalue weighted by atomic mass is 16.5. The van der Waals surface area contributed by atoms with Crippen LogP contribution >= 0.6 is 0 Å². The van der Waals surface area contributed by atoms with Crippen LogP contribution < -0.4 is 5.73 Å². The van der Waals surface area contributed by atoms with Gasteiger partial charge < -0.3 is 15.4 Å². The maximum atomic E-state index is 6.25. The molecule has 4 heteroatoms. The second-order valence-corrected chi connectivity index (χ2v) is 7.15. The summed E-state index contributed by atoms with van der Waals surface area (Å²) in [5.74, 6) is 0. The van der Waals surface area contributed by atoms with Gasteiger partial charge in [0, 0.05) is 31.7 Å². The molecule has 2 saturated heterocycles. The molecule has 0 aliphatic carbocycles. The fourth-order valence-electron chi connectivity index (χ4n) is 3.01. The number of morpholine rings is 1. The van der Waals surface area contributed by atoms with Gasteiger partial charge >= 0.3 is 0 Å². The number of rotatable bonds is 4. The lowest BCUT2D eigenvalue weighted by Crippen LogP contribution is -2.45. The van der Waals surface area contributed by atoms with E-state index >= 15 is 0 Å². The normalized spacial score (nSPS) is 28.7. The summed E-state index contributed by atoms with van der Waals surface area (Å²) in [6, 6.07) is 1.05. The Morgan fingerprint density at radius 3 is 2.53 bits per heavy atom. The summed E-state index contributed by atoms with van der Waals surface area (Å²) < 4.78 is 5.43. The van der Waals surface area contributed by atoms with Crippen LogP contribution in [-0.4, -0.2) is 67.8 Å². The van der Waals surface area contributed by atoms with Gasteiger partial charge in [0.05, 0.1) is 13.2 Å².